The molecular weight excluding hydrogens is 296 g/mol. The van der Waals surface area contributed by atoms with Gasteiger partial charge in [0.2, 0.25) is 0 Å². The molecule has 3 aromatic rings. The number of hydrogen-bond donors (Lipinski definition) is 0. The first-order chi connectivity index (χ1) is 11.5. The Morgan fingerprint density at radius 3 is 2.54 bits per heavy atom. The van der Waals surface area contributed by atoms with E-state index in [2.05, 4.69) is 30.1 Å². The van der Waals surface area contributed by atoms with E-state index >= 15 is 0 Å². The number of pyridine rings is 1. The van der Waals surface area contributed by atoms with Gasteiger partial charge in [0.1, 0.15) is 0 Å². The van der Waals surface area contributed by atoms with Gasteiger partial charge in [0.05, 0.1) is 16.8 Å². The number of fused-ring (bicyclic) bond motifs is 1. The predicted octanol–water partition coefficient (Wildman–Crippen LogP) is 4.43. The van der Waals surface area contributed by atoms with E-state index in [1.54, 1.807) is 4.90 Å². The first-order valence-electron chi connectivity index (χ1n) is 8.13. The van der Waals surface area contributed by atoms with E-state index < -0.39 is 0 Å². The summed E-state index contributed by atoms with van der Waals surface area (Å²) in [6.07, 6.45) is 0. The highest BCUT2D eigenvalue weighted by molar-refractivity contribution is 5.98. The zero-order chi connectivity index (χ0) is 17.3. The van der Waals surface area contributed by atoms with Crippen LogP contribution >= 0.6 is 0 Å². The zero-order valence-corrected chi connectivity index (χ0v) is 14.6. The van der Waals surface area contributed by atoms with Crippen molar-refractivity contribution in [3.8, 4) is 0 Å². The van der Waals surface area contributed by atoms with Crippen LogP contribution in [0.15, 0.2) is 48.5 Å². The van der Waals surface area contributed by atoms with Crippen molar-refractivity contribution in [3.63, 3.8) is 0 Å². The van der Waals surface area contributed by atoms with Crippen molar-refractivity contribution < 1.29 is 4.79 Å². The van der Waals surface area contributed by atoms with Gasteiger partial charge in [-0.2, -0.15) is 0 Å². The summed E-state index contributed by atoms with van der Waals surface area (Å²) in [6.45, 7) is 6.61. The second-order valence-electron chi connectivity index (χ2n) is 6.41. The number of amides is 1. The molecule has 0 spiro atoms. The maximum atomic E-state index is 12.9. The lowest BCUT2D eigenvalue weighted by Gasteiger charge is -2.19. The average molecular weight is 318 g/mol. The molecule has 0 atom stereocenters. The van der Waals surface area contributed by atoms with E-state index in [1.807, 2.05) is 51.2 Å². The quantitative estimate of drug-likeness (QED) is 0.715. The second kappa shape index (κ2) is 6.44. The molecule has 1 heterocycles. The summed E-state index contributed by atoms with van der Waals surface area (Å²) < 4.78 is 0. The summed E-state index contributed by atoms with van der Waals surface area (Å²) in [7, 11) is 1.84. The molecule has 0 fully saturated rings. The number of aromatic nitrogens is 1. The number of nitrogens with zero attached hydrogens (tertiary/aromatic N) is 2. The third-order valence-electron chi connectivity index (χ3n) is 4.41. The van der Waals surface area contributed by atoms with Gasteiger partial charge in [0, 0.05) is 19.0 Å². The predicted molar refractivity (Wildman–Crippen MR) is 98.2 cm³/mol. The first kappa shape index (κ1) is 16.2. The Kier molecular flexibility index (Phi) is 4.34. The molecule has 3 nitrogen and oxygen atoms in total. The Bertz CT molecular complexity index is 915. The average Bonchev–Trinajstić information content (AvgIpc) is 2.56. The molecular formula is C21H22N2O. The van der Waals surface area contributed by atoms with Crippen LogP contribution in [0, 0.1) is 20.8 Å². The van der Waals surface area contributed by atoms with Gasteiger partial charge < -0.3 is 4.90 Å². The second-order valence-corrected chi connectivity index (χ2v) is 6.41. The van der Waals surface area contributed by atoms with Crippen LogP contribution in [0.2, 0.25) is 0 Å². The van der Waals surface area contributed by atoms with Crippen molar-refractivity contribution in [3.05, 3.63) is 76.5 Å². The Morgan fingerprint density at radius 2 is 1.79 bits per heavy atom. The minimum absolute atomic E-state index is 0.00617. The van der Waals surface area contributed by atoms with E-state index in [0.717, 1.165) is 22.2 Å². The highest BCUT2D eigenvalue weighted by Crippen LogP contribution is 2.20. The molecule has 0 aliphatic heterocycles. The molecule has 0 saturated heterocycles. The molecule has 24 heavy (non-hydrogen) atoms. The molecule has 122 valence electrons. The van der Waals surface area contributed by atoms with Crippen LogP contribution in [0.4, 0.5) is 0 Å². The van der Waals surface area contributed by atoms with Crippen LogP contribution < -0.4 is 0 Å². The number of rotatable bonds is 3. The van der Waals surface area contributed by atoms with Crippen LogP contribution in [0.5, 0.6) is 0 Å². The summed E-state index contributed by atoms with van der Waals surface area (Å²) in [6, 6.07) is 16.2. The SMILES string of the molecule is Cc1ccc2nc(C)c(C(=O)N(C)Cc3ccccc3C)cc2c1. The van der Waals surface area contributed by atoms with Crippen LogP contribution in [-0.2, 0) is 6.54 Å². The van der Waals surface area contributed by atoms with Gasteiger partial charge in [-0.25, -0.2) is 0 Å². The largest absolute Gasteiger partial charge is 0.337 e. The fourth-order valence-electron chi connectivity index (χ4n) is 2.93. The lowest BCUT2D eigenvalue weighted by Crippen LogP contribution is -2.27. The van der Waals surface area contributed by atoms with Crippen LogP contribution in [-0.4, -0.2) is 22.8 Å². The van der Waals surface area contributed by atoms with Crippen molar-refractivity contribution >= 4 is 16.8 Å². The normalized spacial score (nSPS) is 10.8. The third-order valence-corrected chi connectivity index (χ3v) is 4.41. The molecule has 3 heteroatoms. The van der Waals surface area contributed by atoms with Gasteiger partial charge in [0.15, 0.2) is 0 Å². The molecule has 0 unspecified atom stereocenters. The van der Waals surface area contributed by atoms with Crippen molar-refractivity contribution in [2.45, 2.75) is 27.3 Å². The van der Waals surface area contributed by atoms with Crippen molar-refractivity contribution in [2.24, 2.45) is 0 Å². The van der Waals surface area contributed by atoms with Crippen LogP contribution in [0.25, 0.3) is 10.9 Å². The first-order valence-corrected chi connectivity index (χ1v) is 8.13. The molecule has 0 aliphatic carbocycles. The van der Waals surface area contributed by atoms with E-state index in [0.29, 0.717) is 12.1 Å². The Labute approximate surface area is 143 Å². The molecule has 0 saturated carbocycles. The van der Waals surface area contributed by atoms with Gasteiger partial charge >= 0.3 is 0 Å². The monoisotopic (exact) mass is 318 g/mol. The Balaban J connectivity index is 1.92. The fraction of sp³-hybridized carbons (Fsp3) is 0.238. The number of benzene rings is 2. The third kappa shape index (κ3) is 3.16. The summed E-state index contributed by atoms with van der Waals surface area (Å²) in [5.41, 5.74) is 5.89. The van der Waals surface area contributed by atoms with Crippen molar-refractivity contribution in [2.75, 3.05) is 7.05 Å². The number of aryl methyl sites for hydroxylation is 3. The molecule has 0 radical (unpaired) electrons. The van der Waals surface area contributed by atoms with E-state index in [-0.39, 0.29) is 5.91 Å². The molecule has 0 bridgehead atoms. The van der Waals surface area contributed by atoms with E-state index in [4.69, 9.17) is 0 Å². The van der Waals surface area contributed by atoms with Gasteiger partial charge in [-0.05, 0) is 50.1 Å². The minimum atomic E-state index is 0.00617. The summed E-state index contributed by atoms with van der Waals surface area (Å²) in [4.78, 5) is 19.3. The topological polar surface area (TPSA) is 33.2 Å². The van der Waals surface area contributed by atoms with Crippen molar-refractivity contribution in [1.82, 2.24) is 9.88 Å². The molecule has 2 aromatic carbocycles. The number of carbonyl (C=O) groups is 1. The molecule has 0 aliphatic rings. The van der Waals surface area contributed by atoms with Crippen molar-refractivity contribution in [1.29, 1.82) is 0 Å². The standard InChI is InChI=1S/C21H22N2O/c1-14-9-10-20-18(11-14)12-19(16(3)22-20)21(24)23(4)13-17-8-6-5-7-15(17)2/h5-12H,13H2,1-4H3. The molecule has 1 amide bonds. The zero-order valence-electron chi connectivity index (χ0n) is 14.6. The maximum Gasteiger partial charge on any atom is 0.255 e. The maximum absolute atomic E-state index is 12.9. The van der Waals surface area contributed by atoms with E-state index in [9.17, 15) is 4.79 Å². The summed E-state index contributed by atoms with van der Waals surface area (Å²) >= 11 is 0. The Morgan fingerprint density at radius 1 is 1.04 bits per heavy atom. The molecule has 3 rings (SSSR count). The van der Waals surface area contributed by atoms with E-state index in [1.165, 1.54) is 11.1 Å². The highest BCUT2D eigenvalue weighted by atomic mass is 16.2. The van der Waals surface area contributed by atoms with Gasteiger partial charge in [0.25, 0.3) is 5.91 Å². The number of hydrogen-bond acceptors (Lipinski definition) is 2. The molecule has 1 aromatic heterocycles. The van der Waals surface area contributed by atoms with Gasteiger partial charge in [-0.3, -0.25) is 9.78 Å². The highest BCUT2D eigenvalue weighted by Gasteiger charge is 2.17. The van der Waals surface area contributed by atoms with Gasteiger partial charge in [-0.1, -0.05) is 35.9 Å². The lowest BCUT2D eigenvalue weighted by molar-refractivity contribution is 0.0784. The number of carbonyl (C=O) groups excluding carboxylic acids is 1. The summed E-state index contributed by atoms with van der Waals surface area (Å²) in [5.74, 6) is 0.00617. The summed E-state index contributed by atoms with van der Waals surface area (Å²) in [5, 5.41) is 1.01. The van der Waals surface area contributed by atoms with Crippen LogP contribution in [0.1, 0.15) is 32.7 Å². The van der Waals surface area contributed by atoms with Crippen LogP contribution in [0.3, 0.4) is 0 Å². The smallest absolute Gasteiger partial charge is 0.255 e. The lowest BCUT2D eigenvalue weighted by atomic mass is 10.1. The molecule has 0 N–H and O–H groups in total. The minimum Gasteiger partial charge on any atom is -0.337 e. The van der Waals surface area contributed by atoms with Gasteiger partial charge in [-0.15, -0.1) is 0 Å². The fourth-order valence-corrected chi connectivity index (χ4v) is 2.93. The Hall–Kier alpha value is -2.68.